The van der Waals surface area contributed by atoms with Crippen LogP contribution in [0.15, 0.2) is 54.7 Å². The monoisotopic (exact) mass is 498 g/mol. The van der Waals surface area contributed by atoms with Gasteiger partial charge in [0.15, 0.2) is 0 Å². The standard InChI is InChI=1S/C28H33F3N4O/c1-2-3-7-18-36-24-16-14-22(15-17-24)33-26-25(28(29,30)31)19-32-27(35-26)34-23-12-10-21(11-13-23)20-8-5-4-6-9-20/h10-17,19-20H,2-9,18H2,1H3,(H2,32,33,34,35). The van der Waals surface area contributed by atoms with Gasteiger partial charge in [-0.1, -0.05) is 51.2 Å². The van der Waals surface area contributed by atoms with E-state index in [2.05, 4.69) is 39.7 Å². The van der Waals surface area contributed by atoms with Crippen LogP contribution in [0.4, 0.5) is 36.3 Å². The lowest BCUT2D eigenvalue weighted by atomic mass is 9.84. The molecule has 1 fully saturated rings. The molecule has 0 amide bonds. The number of aromatic nitrogens is 2. The molecular formula is C28H33F3N4O. The summed E-state index contributed by atoms with van der Waals surface area (Å²) >= 11 is 0. The molecule has 3 aromatic rings. The number of anilines is 4. The zero-order chi connectivity index (χ0) is 25.4. The Morgan fingerprint density at radius 1 is 0.889 bits per heavy atom. The Balaban J connectivity index is 1.46. The molecule has 1 aliphatic carbocycles. The maximum Gasteiger partial charge on any atom is 0.421 e. The lowest BCUT2D eigenvalue weighted by Crippen LogP contribution is -2.12. The number of hydrogen-bond acceptors (Lipinski definition) is 5. The highest BCUT2D eigenvalue weighted by Gasteiger charge is 2.35. The van der Waals surface area contributed by atoms with Gasteiger partial charge in [-0.25, -0.2) is 4.98 Å². The lowest BCUT2D eigenvalue weighted by Gasteiger charge is -2.22. The number of nitrogens with one attached hydrogen (secondary N) is 2. The quantitative estimate of drug-likeness (QED) is 0.274. The topological polar surface area (TPSA) is 59.1 Å². The summed E-state index contributed by atoms with van der Waals surface area (Å²) in [7, 11) is 0. The van der Waals surface area contributed by atoms with Crippen LogP contribution in [0.25, 0.3) is 0 Å². The number of nitrogens with zero attached hydrogens (tertiary/aromatic N) is 2. The average molecular weight is 499 g/mol. The molecule has 2 aromatic carbocycles. The highest BCUT2D eigenvalue weighted by molar-refractivity contribution is 5.63. The van der Waals surface area contributed by atoms with Crippen molar-refractivity contribution < 1.29 is 17.9 Å². The maximum atomic E-state index is 13.6. The molecule has 0 saturated heterocycles. The number of benzene rings is 2. The number of ether oxygens (including phenoxy) is 1. The van der Waals surface area contributed by atoms with Crippen molar-refractivity contribution in [1.29, 1.82) is 0 Å². The summed E-state index contributed by atoms with van der Waals surface area (Å²) in [6, 6.07) is 14.8. The van der Waals surface area contributed by atoms with Gasteiger partial charge in [0.2, 0.25) is 5.95 Å². The molecule has 1 heterocycles. The van der Waals surface area contributed by atoms with Crippen LogP contribution < -0.4 is 15.4 Å². The maximum absolute atomic E-state index is 13.6. The number of hydrogen-bond donors (Lipinski definition) is 2. The largest absolute Gasteiger partial charge is 0.494 e. The van der Waals surface area contributed by atoms with Gasteiger partial charge in [0, 0.05) is 17.6 Å². The molecule has 2 N–H and O–H groups in total. The zero-order valence-corrected chi connectivity index (χ0v) is 20.6. The molecule has 0 radical (unpaired) electrons. The van der Waals surface area contributed by atoms with Crippen LogP contribution in [-0.2, 0) is 6.18 Å². The number of unbranched alkanes of at least 4 members (excludes halogenated alkanes) is 2. The molecule has 1 saturated carbocycles. The van der Waals surface area contributed by atoms with Crippen molar-refractivity contribution in [3.05, 3.63) is 65.9 Å². The Labute approximate surface area is 210 Å². The van der Waals surface area contributed by atoms with Crippen molar-refractivity contribution in [3.8, 4) is 5.75 Å². The van der Waals surface area contributed by atoms with E-state index in [0.717, 1.165) is 31.1 Å². The summed E-state index contributed by atoms with van der Waals surface area (Å²) in [4.78, 5) is 8.07. The Kier molecular flexibility index (Phi) is 8.67. The molecule has 0 aliphatic heterocycles. The van der Waals surface area contributed by atoms with Crippen LogP contribution in [0, 0.1) is 0 Å². The van der Waals surface area contributed by atoms with Crippen molar-refractivity contribution in [2.75, 3.05) is 17.2 Å². The van der Waals surface area contributed by atoms with Crippen LogP contribution in [0.5, 0.6) is 5.75 Å². The normalized spacial score (nSPS) is 14.4. The smallest absolute Gasteiger partial charge is 0.421 e. The van der Waals surface area contributed by atoms with Gasteiger partial charge in [0.1, 0.15) is 17.1 Å². The summed E-state index contributed by atoms with van der Waals surface area (Å²) in [5.41, 5.74) is 1.57. The molecule has 0 bridgehead atoms. The van der Waals surface area contributed by atoms with Gasteiger partial charge in [-0.3, -0.25) is 0 Å². The second-order valence-electron chi connectivity index (χ2n) is 9.24. The first-order valence-electron chi connectivity index (χ1n) is 12.7. The van der Waals surface area contributed by atoms with E-state index in [4.69, 9.17) is 4.74 Å². The molecule has 36 heavy (non-hydrogen) atoms. The minimum Gasteiger partial charge on any atom is -0.494 e. The van der Waals surface area contributed by atoms with Crippen molar-refractivity contribution in [1.82, 2.24) is 9.97 Å². The van der Waals surface area contributed by atoms with E-state index in [-0.39, 0.29) is 11.8 Å². The Hall–Kier alpha value is -3.29. The number of alkyl halides is 3. The first-order chi connectivity index (χ1) is 17.4. The van der Waals surface area contributed by atoms with Crippen LogP contribution in [0.1, 0.15) is 75.3 Å². The molecule has 8 heteroatoms. The third-order valence-electron chi connectivity index (χ3n) is 6.47. The number of halogens is 3. The second-order valence-corrected chi connectivity index (χ2v) is 9.24. The summed E-state index contributed by atoms with van der Waals surface area (Å²) in [6.45, 7) is 2.74. The fourth-order valence-electron chi connectivity index (χ4n) is 4.46. The Bertz CT molecular complexity index is 1100. The van der Waals surface area contributed by atoms with Crippen molar-refractivity contribution >= 4 is 23.1 Å². The summed E-state index contributed by atoms with van der Waals surface area (Å²) in [6.07, 6.45) is 5.60. The van der Waals surface area contributed by atoms with Gasteiger partial charge in [0.05, 0.1) is 6.61 Å². The molecule has 5 nitrogen and oxygen atoms in total. The van der Waals surface area contributed by atoms with E-state index >= 15 is 0 Å². The molecule has 1 aromatic heterocycles. The molecule has 1 aliphatic rings. The van der Waals surface area contributed by atoms with Crippen molar-refractivity contribution in [2.24, 2.45) is 0 Å². The van der Waals surface area contributed by atoms with E-state index in [1.165, 1.54) is 37.7 Å². The van der Waals surface area contributed by atoms with Gasteiger partial charge in [-0.05, 0) is 67.1 Å². The van der Waals surface area contributed by atoms with Crippen LogP contribution >= 0.6 is 0 Å². The molecular weight excluding hydrogens is 465 g/mol. The van der Waals surface area contributed by atoms with E-state index < -0.39 is 11.7 Å². The minimum atomic E-state index is -4.59. The molecule has 0 atom stereocenters. The van der Waals surface area contributed by atoms with Crippen LogP contribution in [0.2, 0.25) is 0 Å². The molecule has 192 valence electrons. The van der Waals surface area contributed by atoms with E-state index in [9.17, 15) is 13.2 Å². The summed E-state index contributed by atoms with van der Waals surface area (Å²) < 4.78 is 46.6. The predicted octanol–water partition coefficient (Wildman–Crippen LogP) is 8.60. The third-order valence-corrected chi connectivity index (χ3v) is 6.47. The van der Waals surface area contributed by atoms with Gasteiger partial charge >= 0.3 is 6.18 Å². The van der Waals surface area contributed by atoms with E-state index in [0.29, 0.717) is 24.0 Å². The van der Waals surface area contributed by atoms with Gasteiger partial charge < -0.3 is 15.4 Å². The number of rotatable bonds is 10. The summed E-state index contributed by atoms with van der Waals surface area (Å²) in [5, 5.41) is 5.83. The molecule has 0 spiro atoms. The van der Waals surface area contributed by atoms with Gasteiger partial charge in [0.25, 0.3) is 0 Å². The highest BCUT2D eigenvalue weighted by atomic mass is 19.4. The zero-order valence-electron chi connectivity index (χ0n) is 20.6. The van der Waals surface area contributed by atoms with E-state index in [1.54, 1.807) is 24.3 Å². The SMILES string of the molecule is CCCCCOc1ccc(Nc2nc(Nc3ccc(C4CCCCC4)cc3)ncc2C(F)(F)F)cc1. The fourth-order valence-corrected chi connectivity index (χ4v) is 4.46. The molecule has 0 unspecified atom stereocenters. The van der Waals surface area contributed by atoms with Crippen molar-refractivity contribution in [3.63, 3.8) is 0 Å². The van der Waals surface area contributed by atoms with Gasteiger partial charge in [-0.2, -0.15) is 18.2 Å². The minimum absolute atomic E-state index is 0.0896. The van der Waals surface area contributed by atoms with Crippen LogP contribution in [0.3, 0.4) is 0 Å². The highest BCUT2D eigenvalue weighted by Crippen LogP contribution is 2.36. The Morgan fingerprint density at radius 3 is 2.22 bits per heavy atom. The third kappa shape index (κ3) is 7.12. The second kappa shape index (κ2) is 12.1. The molecule has 4 rings (SSSR count). The predicted molar refractivity (Wildman–Crippen MR) is 137 cm³/mol. The first-order valence-corrected chi connectivity index (χ1v) is 12.7. The Morgan fingerprint density at radius 2 is 1.56 bits per heavy atom. The van der Waals surface area contributed by atoms with Gasteiger partial charge in [-0.15, -0.1) is 0 Å². The van der Waals surface area contributed by atoms with Crippen LogP contribution in [-0.4, -0.2) is 16.6 Å². The lowest BCUT2D eigenvalue weighted by molar-refractivity contribution is -0.137. The average Bonchev–Trinajstić information content (AvgIpc) is 2.88. The fraction of sp³-hybridized carbons (Fsp3) is 0.429. The van der Waals surface area contributed by atoms with E-state index in [1.807, 2.05) is 12.1 Å². The van der Waals surface area contributed by atoms with Crippen molar-refractivity contribution in [2.45, 2.75) is 70.4 Å². The first kappa shape index (κ1) is 25.8. The summed E-state index contributed by atoms with van der Waals surface area (Å²) in [5.74, 6) is 1.04.